The maximum absolute atomic E-state index is 14.4. The van der Waals surface area contributed by atoms with Crippen molar-refractivity contribution in [2.45, 2.75) is 35.3 Å². The van der Waals surface area contributed by atoms with Gasteiger partial charge < -0.3 is 4.74 Å². The van der Waals surface area contributed by atoms with E-state index in [4.69, 9.17) is 21.4 Å². The molecule has 2 unspecified atom stereocenters. The van der Waals surface area contributed by atoms with E-state index in [0.717, 1.165) is 23.1 Å². The van der Waals surface area contributed by atoms with Gasteiger partial charge in [0.25, 0.3) is 15.9 Å². The molecule has 6 aromatic carbocycles. The van der Waals surface area contributed by atoms with Crippen LogP contribution in [0.1, 0.15) is 28.9 Å². The largest absolute Gasteiger partial charge is 0.474 e. The number of halogens is 1. The van der Waals surface area contributed by atoms with Gasteiger partial charge in [0.05, 0.1) is 28.2 Å². The quantitative estimate of drug-likeness (QED) is 0.108. The number of sulfonamides is 2. The van der Waals surface area contributed by atoms with E-state index in [-0.39, 0.29) is 21.5 Å². The molecule has 0 fully saturated rings. The Hall–Kier alpha value is -6.27. The predicted molar refractivity (Wildman–Crippen MR) is 234 cm³/mol. The number of hydrogen-bond acceptors (Lipinski definition) is 11. The van der Waals surface area contributed by atoms with Crippen LogP contribution in [0.25, 0.3) is 16.5 Å². The molecule has 14 nitrogen and oxygen atoms in total. The molecule has 1 aromatic heterocycles. The number of carbonyl (C=O) groups is 1. The lowest BCUT2D eigenvalue weighted by Gasteiger charge is -2.21. The highest BCUT2D eigenvalue weighted by molar-refractivity contribution is 7.99. The van der Waals surface area contributed by atoms with Gasteiger partial charge in [-0.05, 0) is 91.0 Å². The maximum Gasteiger partial charge on any atom is 0.294 e. The van der Waals surface area contributed by atoms with Gasteiger partial charge in [-0.25, -0.2) is 16.8 Å². The lowest BCUT2D eigenvalue weighted by atomic mass is 10.0. The smallest absolute Gasteiger partial charge is 0.294 e. The van der Waals surface area contributed by atoms with Crippen molar-refractivity contribution < 1.29 is 26.4 Å². The molecule has 304 valence electrons. The second-order valence-corrected chi connectivity index (χ2v) is 19.0. The number of ether oxygens (including phenoxy) is 1. The summed E-state index contributed by atoms with van der Waals surface area (Å²) >= 11 is 7.68. The number of benzene rings is 6. The summed E-state index contributed by atoms with van der Waals surface area (Å²) in [5, 5.41) is 19.9. The fourth-order valence-corrected chi connectivity index (χ4v) is 9.59. The van der Waals surface area contributed by atoms with Crippen molar-refractivity contribution in [2.75, 3.05) is 20.7 Å². The summed E-state index contributed by atoms with van der Waals surface area (Å²) in [6.45, 7) is 3.99. The zero-order valence-corrected chi connectivity index (χ0v) is 35.3. The normalized spacial score (nSPS) is 14.9. The third-order valence-electron chi connectivity index (χ3n) is 9.43. The number of fused-ring (bicyclic) bond motifs is 1. The minimum absolute atomic E-state index is 0.0499. The standard InChI is InChI=1S/C42H35ClN8O6S3/c1-26-13-23-37(35(25-26)27(2)58-42-44-48-49-51(42)31-9-5-4-6-10-31)57-40-39(28-14-16-29(43)17-15-28)45-50(41(40)52)32-20-18-30(19-21-32)46-60(55,56)38-24-22-36(47-59(3,53)54)33-11-7-8-12-34(33)38/h4-25,27,40,46-47H,1-3H3. The summed E-state index contributed by atoms with van der Waals surface area (Å²) in [5.74, 6) is 0.000931. The van der Waals surface area contributed by atoms with Crippen LogP contribution < -0.4 is 19.2 Å². The number of anilines is 3. The molecule has 0 saturated heterocycles. The van der Waals surface area contributed by atoms with E-state index in [1.807, 2.05) is 62.4 Å². The van der Waals surface area contributed by atoms with Crippen LogP contribution in [0.5, 0.6) is 5.75 Å². The molecule has 0 aliphatic carbocycles. The Bertz CT molecular complexity index is 3000. The van der Waals surface area contributed by atoms with E-state index < -0.39 is 32.1 Å². The fraction of sp³-hybridized carbons (Fsp3) is 0.119. The average molecular weight is 879 g/mol. The molecule has 18 heteroatoms. The fourth-order valence-electron chi connectivity index (χ4n) is 6.66. The highest BCUT2D eigenvalue weighted by atomic mass is 35.5. The average Bonchev–Trinajstić information content (AvgIpc) is 3.82. The molecule has 1 amide bonds. The summed E-state index contributed by atoms with van der Waals surface area (Å²) in [4.78, 5) is 14.3. The summed E-state index contributed by atoms with van der Waals surface area (Å²) in [6.07, 6.45) is -0.140. The van der Waals surface area contributed by atoms with E-state index in [1.165, 1.54) is 41.0 Å². The topological polar surface area (TPSA) is 178 Å². The number of carbonyl (C=O) groups excluding carboxylic acids is 1. The van der Waals surface area contributed by atoms with Crippen molar-refractivity contribution in [3.63, 3.8) is 0 Å². The van der Waals surface area contributed by atoms with E-state index in [0.29, 0.717) is 43.7 Å². The first-order chi connectivity index (χ1) is 28.7. The minimum atomic E-state index is -4.16. The molecule has 2 heterocycles. The van der Waals surface area contributed by atoms with Crippen molar-refractivity contribution in [1.82, 2.24) is 20.2 Å². The summed E-state index contributed by atoms with van der Waals surface area (Å²) in [6, 6.07) is 37.8. The van der Waals surface area contributed by atoms with E-state index in [9.17, 15) is 21.6 Å². The molecule has 8 rings (SSSR count). The second-order valence-electron chi connectivity index (χ2n) is 13.8. The Morgan fingerprint density at radius 1 is 0.800 bits per heavy atom. The van der Waals surface area contributed by atoms with Crippen LogP contribution in [-0.2, 0) is 24.8 Å². The number of para-hydroxylation sites is 1. The molecular formula is C42H35ClN8O6S3. The summed E-state index contributed by atoms with van der Waals surface area (Å²) in [5.41, 5.74) is 4.42. The first kappa shape index (κ1) is 40.5. The Labute approximate surface area is 355 Å². The van der Waals surface area contributed by atoms with Crippen LogP contribution in [0.4, 0.5) is 17.1 Å². The van der Waals surface area contributed by atoms with Crippen molar-refractivity contribution in [3.8, 4) is 11.4 Å². The van der Waals surface area contributed by atoms with E-state index in [2.05, 4.69) is 25.0 Å². The molecule has 0 bridgehead atoms. The van der Waals surface area contributed by atoms with Gasteiger partial charge in [0.2, 0.25) is 21.3 Å². The summed E-state index contributed by atoms with van der Waals surface area (Å²) in [7, 11) is -7.78. The number of hydrazone groups is 1. The first-order valence-corrected chi connectivity index (χ1v) is 23.0. The maximum atomic E-state index is 14.4. The zero-order valence-electron chi connectivity index (χ0n) is 32.1. The number of amides is 1. The van der Waals surface area contributed by atoms with Gasteiger partial charge in [-0.15, -0.1) is 5.10 Å². The number of thioether (sulfide) groups is 1. The number of nitrogens with one attached hydrogen (secondary N) is 2. The Morgan fingerprint density at radius 2 is 1.50 bits per heavy atom. The summed E-state index contributed by atoms with van der Waals surface area (Å²) < 4.78 is 64.7. The Morgan fingerprint density at radius 3 is 2.22 bits per heavy atom. The third-order valence-corrected chi connectivity index (χ3v) is 12.8. The Balaban J connectivity index is 1.06. The molecule has 0 radical (unpaired) electrons. The highest BCUT2D eigenvalue weighted by Gasteiger charge is 2.40. The van der Waals surface area contributed by atoms with Gasteiger partial charge in [0, 0.05) is 37.9 Å². The van der Waals surface area contributed by atoms with Crippen molar-refractivity contribution in [3.05, 3.63) is 155 Å². The van der Waals surface area contributed by atoms with Gasteiger partial charge in [-0.2, -0.15) is 14.8 Å². The first-order valence-electron chi connectivity index (χ1n) is 18.3. The predicted octanol–water partition coefficient (Wildman–Crippen LogP) is 8.00. The molecule has 2 N–H and O–H groups in total. The van der Waals surface area contributed by atoms with Crippen molar-refractivity contribution in [1.29, 1.82) is 0 Å². The zero-order chi connectivity index (χ0) is 42.2. The van der Waals surface area contributed by atoms with E-state index >= 15 is 0 Å². The van der Waals surface area contributed by atoms with E-state index in [1.54, 1.807) is 65.3 Å². The van der Waals surface area contributed by atoms with Gasteiger partial charge in [0.1, 0.15) is 11.5 Å². The molecule has 1 aliphatic rings. The van der Waals surface area contributed by atoms with Crippen molar-refractivity contribution in [2.24, 2.45) is 5.10 Å². The van der Waals surface area contributed by atoms with Crippen LogP contribution in [-0.4, -0.2) is 61.0 Å². The number of tetrazole rings is 1. The number of aromatic nitrogens is 4. The SMILES string of the molecule is Cc1ccc(OC2C(=O)N(c3ccc(NS(=O)(=O)c4ccc(NS(C)(=O)=O)c5ccccc45)cc3)N=C2c2ccc(Cl)cc2)c(C(C)Sc2nnnn2-c2ccccc2)c1. The van der Waals surface area contributed by atoms with Gasteiger partial charge >= 0.3 is 0 Å². The lowest BCUT2D eigenvalue weighted by Crippen LogP contribution is -2.37. The molecule has 0 saturated carbocycles. The lowest BCUT2D eigenvalue weighted by molar-refractivity contribution is -0.121. The molecule has 60 heavy (non-hydrogen) atoms. The van der Waals surface area contributed by atoms with Crippen molar-refractivity contribution >= 4 is 82.9 Å². The minimum Gasteiger partial charge on any atom is -0.474 e. The van der Waals surface area contributed by atoms with Gasteiger partial charge in [-0.3, -0.25) is 14.2 Å². The van der Waals surface area contributed by atoms with Crippen LogP contribution in [0.2, 0.25) is 5.02 Å². The Kier molecular flexibility index (Phi) is 11.1. The number of rotatable bonds is 13. The molecule has 2 atom stereocenters. The van der Waals surface area contributed by atoms with Crippen LogP contribution in [0.3, 0.4) is 0 Å². The third kappa shape index (κ3) is 8.56. The number of nitrogens with zero attached hydrogens (tertiary/aromatic N) is 6. The number of aryl methyl sites for hydroxylation is 1. The van der Waals surface area contributed by atoms with Gasteiger partial charge in [-0.1, -0.05) is 95.7 Å². The monoisotopic (exact) mass is 878 g/mol. The highest BCUT2D eigenvalue weighted by Crippen LogP contribution is 2.40. The van der Waals surface area contributed by atoms with Crippen LogP contribution >= 0.6 is 23.4 Å². The molecular weight excluding hydrogens is 844 g/mol. The van der Waals surface area contributed by atoms with Crippen LogP contribution in [0.15, 0.2) is 149 Å². The van der Waals surface area contributed by atoms with Gasteiger partial charge in [0.15, 0.2) is 0 Å². The van der Waals surface area contributed by atoms with Crippen LogP contribution in [0, 0.1) is 6.92 Å². The number of hydrogen-bond donors (Lipinski definition) is 2. The second kappa shape index (κ2) is 16.4. The molecule has 1 aliphatic heterocycles. The molecule has 0 spiro atoms. The molecule has 7 aromatic rings.